The molecule has 1 atom stereocenters. The first-order valence-corrected chi connectivity index (χ1v) is 11.7. The normalized spacial score (nSPS) is 17.5. The van der Waals surface area contributed by atoms with Gasteiger partial charge >= 0.3 is 0 Å². The minimum Gasteiger partial charge on any atom is -0.390 e. The van der Waals surface area contributed by atoms with Crippen molar-refractivity contribution in [3.63, 3.8) is 0 Å². The Balaban J connectivity index is 0.000000343. The van der Waals surface area contributed by atoms with Gasteiger partial charge < -0.3 is 21.7 Å². The summed E-state index contributed by atoms with van der Waals surface area (Å²) in [5.41, 5.74) is 13.0. The van der Waals surface area contributed by atoms with E-state index < -0.39 is 0 Å². The van der Waals surface area contributed by atoms with Crippen LogP contribution in [-0.2, 0) is 6.42 Å². The molecule has 170 valence electrons. The summed E-state index contributed by atoms with van der Waals surface area (Å²) in [5, 5.41) is 10.2. The van der Waals surface area contributed by atoms with Crippen molar-refractivity contribution < 1.29 is 0 Å². The van der Waals surface area contributed by atoms with E-state index in [0.717, 1.165) is 42.9 Å². The molecule has 5 N–H and O–H groups in total. The zero-order valence-corrected chi connectivity index (χ0v) is 19.5. The molecular formula is C27H37N5. The molecule has 5 nitrogen and oxygen atoms in total. The van der Waals surface area contributed by atoms with Gasteiger partial charge in [0.2, 0.25) is 0 Å². The molecular weight excluding hydrogens is 394 g/mol. The summed E-state index contributed by atoms with van der Waals surface area (Å²) in [6.07, 6.45) is 7.80. The van der Waals surface area contributed by atoms with Crippen LogP contribution in [0.2, 0.25) is 0 Å². The third-order valence-electron chi connectivity index (χ3n) is 5.72. The Morgan fingerprint density at radius 3 is 2.50 bits per heavy atom. The highest BCUT2D eigenvalue weighted by Gasteiger charge is 2.16. The average Bonchev–Trinajstić information content (AvgIpc) is 3.62. The van der Waals surface area contributed by atoms with Crippen LogP contribution in [0.1, 0.15) is 49.3 Å². The van der Waals surface area contributed by atoms with Crippen LogP contribution in [0.3, 0.4) is 0 Å². The standard InChI is InChI=1S/C20H31N5.C7H6/c1-4-12-23-17-10-6-5-9-16(17)15(2)25-20(21)14-19(22-3)18-11-7-8-13-24-18;1-2-4-7-5-6(7)3-1/h5-6,9-10,14,18,22-24H,2,4,7-8,11-13H2,1,3H3,(H2,21,25);1-4H,5H2/b19-14-;. The number of anilines is 1. The number of piperidine rings is 1. The fraction of sp³-hybridized carbons (Fsp3) is 0.370. The highest BCUT2D eigenvalue weighted by molar-refractivity contribution is 5.96. The first kappa shape index (κ1) is 23.6. The molecule has 1 saturated heterocycles. The highest BCUT2D eigenvalue weighted by atomic mass is 15.0. The molecule has 5 heteroatoms. The molecule has 0 aromatic heterocycles. The van der Waals surface area contributed by atoms with E-state index in [4.69, 9.17) is 5.73 Å². The zero-order chi connectivity index (χ0) is 22.8. The molecule has 1 aliphatic carbocycles. The van der Waals surface area contributed by atoms with Crippen molar-refractivity contribution in [3.8, 4) is 0 Å². The number of likely N-dealkylation sites (N-methyl/N-ethyl adjacent to an activating group) is 1. The Bertz CT molecular complexity index is 933. The Labute approximate surface area is 192 Å². The van der Waals surface area contributed by atoms with Crippen LogP contribution in [0.4, 0.5) is 5.69 Å². The number of hydrogen-bond acceptors (Lipinski definition) is 4. The Kier molecular flexibility index (Phi) is 8.93. The fourth-order valence-corrected chi connectivity index (χ4v) is 3.86. The predicted octanol–water partition coefficient (Wildman–Crippen LogP) is 4.67. The monoisotopic (exact) mass is 431 g/mol. The summed E-state index contributed by atoms with van der Waals surface area (Å²) < 4.78 is 0. The third kappa shape index (κ3) is 6.99. The van der Waals surface area contributed by atoms with Gasteiger partial charge in [-0.15, -0.1) is 0 Å². The number of fused-ring (bicyclic) bond motifs is 1. The molecule has 4 rings (SSSR count). The summed E-state index contributed by atoms with van der Waals surface area (Å²) in [5.74, 6) is 0.465. The first-order chi connectivity index (χ1) is 15.6. The number of nitrogens with one attached hydrogen (secondary N) is 3. The minimum absolute atomic E-state index is 0.319. The first-order valence-electron chi connectivity index (χ1n) is 11.7. The number of para-hydroxylation sites is 1. The van der Waals surface area contributed by atoms with Gasteiger partial charge in [0.1, 0.15) is 5.84 Å². The zero-order valence-electron chi connectivity index (χ0n) is 19.5. The Morgan fingerprint density at radius 2 is 1.88 bits per heavy atom. The molecule has 0 bridgehead atoms. The van der Waals surface area contributed by atoms with E-state index in [-0.39, 0.29) is 0 Å². The van der Waals surface area contributed by atoms with Gasteiger partial charge in [-0.2, -0.15) is 0 Å². The molecule has 2 aromatic rings. The van der Waals surface area contributed by atoms with Crippen molar-refractivity contribution in [2.24, 2.45) is 10.7 Å². The average molecular weight is 432 g/mol. The van der Waals surface area contributed by atoms with Crippen molar-refractivity contribution >= 4 is 17.2 Å². The van der Waals surface area contributed by atoms with E-state index in [0.29, 0.717) is 17.6 Å². The SMILES string of the molecule is C=C(N=C(N)/C=C(\NC)C1CCCCN1)c1ccccc1NCCC.c1ccc2c(c1)C2. The molecule has 0 amide bonds. The van der Waals surface area contributed by atoms with Crippen LogP contribution in [0.25, 0.3) is 5.70 Å². The number of amidine groups is 1. The van der Waals surface area contributed by atoms with E-state index in [9.17, 15) is 0 Å². The van der Waals surface area contributed by atoms with Crippen LogP contribution in [0, 0.1) is 0 Å². The minimum atomic E-state index is 0.319. The summed E-state index contributed by atoms with van der Waals surface area (Å²) in [4.78, 5) is 4.51. The highest BCUT2D eigenvalue weighted by Crippen LogP contribution is 2.25. The van der Waals surface area contributed by atoms with Crippen molar-refractivity contribution in [3.05, 3.63) is 83.6 Å². The maximum atomic E-state index is 6.17. The summed E-state index contributed by atoms with van der Waals surface area (Å²) in [6.45, 7) is 8.21. The fourth-order valence-electron chi connectivity index (χ4n) is 3.86. The molecule has 1 fully saturated rings. The van der Waals surface area contributed by atoms with Crippen molar-refractivity contribution in [1.29, 1.82) is 0 Å². The maximum absolute atomic E-state index is 6.17. The van der Waals surface area contributed by atoms with Crippen LogP contribution >= 0.6 is 0 Å². The second-order valence-corrected chi connectivity index (χ2v) is 8.25. The van der Waals surface area contributed by atoms with Crippen LogP contribution in [-0.4, -0.2) is 32.0 Å². The Morgan fingerprint density at radius 1 is 1.16 bits per heavy atom. The Hall–Kier alpha value is -3.05. The van der Waals surface area contributed by atoms with E-state index >= 15 is 0 Å². The molecule has 1 unspecified atom stereocenters. The number of aliphatic imine (C=N–C) groups is 1. The van der Waals surface area contributed by atoms with E-state index in [1.54, 1.807) is 0 Å². The molecule has 1 heterocycles. The molecule has 2 aliphatic rings. The second kappa shape index (κ2) is 12.1. The molecule has 1 aliphatic heterocycles. The van der Waals surface area contributed by atoms with Crippen molar-refractivity contribution in [2.75, 3.05) is 25.5 Å². The predicted molar refractivity (Wildman–Crippen MR) is 138 cm³/mol. The van der Waals surface area contributed by atoms with Gasteiger partial charge in [-0.25, -0.2) is 4.99 Å². The van der Waals surface area contributed by atoms with Crippen molar-refractivity contribution in [1.82, 2.24) is 10.6 Å². The third-order valence-corrected chi connectivity index (χ3v) is 5.72. The molecule has 0 saturated carbocycles. The summed E-state index contributed by atoms with van der Waals surface area (Å²) in [7, 11) is 1.92. The van der Waals surface area contributed by atoms with Crippen molar-refractivity contribution in [2.45, 2.75) is 45.1 Å². The van der Waals surface area contributed by atoms with Gasteiger partial charge in [-0.1, -0.05) is 62.4 Å². The lowest BCUT2D eigenvalue weighted by molar-refractivity contribution is 0.428. The van der Waals surface area contributed by atoms with Crippen LogP contribution in [0.5, 0.6) is 0 Å². The van der Waals surface area contributed by atoms with E-state index in [1.807, 2.05) is 37.4 Å². The van der Waals surface area contributed by atoms with E-state index in [1.165, 1.54) is 30.4 Å². The van der Waals surface area contributed by atoms with Crippen LogP contribution < -0.4 is 21.7 Å². The second-order valence-electron chi connectivity index (χ2n) is 8.25. The van der Waals surface area contributed by atoms with Gasteiger partial charge in [0.25, 0.3) is 0 Å². The lowest BCUT2D eigenvalue weighted by Gasteiger charge is -2.25. The topological polar surface area (TPSA) is 74.5 Å². The summed E-state index contributed by atoms with van der Waals surface area (Å²) in [6, 6.07) is 16.9. The molecule has 2 aromatic carbocycles. The number of rotatable bonds is 8. The van der Waals surface area contributed by atoms with E-state index in [2.05, 4.69) is 58.7 Å². The molecule has 0 radical (unpaired) electrons. The van der Waals surface area contributed by atoms with Crippen LogP contribution in [0.15, 0.2) is 71.9 Å². The van der Waals surface area contributed by atoms with Gasteiger partial charge in [-0.05, 0) is 49.4 Å². The van der Waals surface area contributed by atoms with Gasteiger partial charge in [0, 0.05) is 42.7 Å². The molecule has 32 heavy (non-hydrogen) atoms. The number of nitrogens with two attached hydrogens (primary N) is 1. The maximum Gasteiger partial charge on any atom is 0.125 e. The lowest BCUT2D eigenvalue weighted by Crippen LogP contribution is -2.39. The largest absolute Gasteiger partial charge is 0.390 e. The number of hydrogen-bond donors (Lipinski definition) is 4. The molecule has 0 spiro atoms. The van der Waals surface area contributed by atoms with Gasteiger partial charge in [0.05, 0.1) is 5.70 Å². The van der Waals surface area contributed by atoms with Gasteiger partial charge in [0.15, 0.2) is 0 Å². The number of nitrogens with zero attached hydrogens (tertiary/aromatic N) is 1. The lowest BCUT2D eigenvalue weighted by atomic mass is 10.0. The smallest absolute Gasteiger partial charge is 0.125 e. The quantitative estimate of drug-likeness (QED) is 0.309. The summed E-state index contributed by atoms with van der Waals surface area (Å²) >= 11 is 0. The van der Waals surface area contributed by atoms with Gasteiger partial charge in [-0.3, -0.25) is 0 Å². The number of benzene rings is 2.